The normalized spacial score (nSPS) is 18.8. The van der Waals surface area contributed by atoms with Crippen molar-refractivity contribution in [1.29, 1.82) is 0 Å². The van der Waals surface area contributed by atoms with Crippen molar-refractivity contribution in [2.24, 2.45) is 0 Å². The zero-order valence-electron chi connectivity index (χ0n) is 23.7. The number of ether oxygens (including phenoxy) is 1. The lowest BCUT2D eigenvalue weighted by Gasteiger charge is -2.36. The zero-order valence-corrected chi connectivity index (χ0v) is 23.7. The molecule has 11 nitrogen and oxygen atoms in total. The maximum absolute atomic E-state index is 14.9. The van der Waals surface area contributed by atoms with Crippen molar-refractivity contribution in [2.75, 3.05) is 36.4 Å². The molecule has 13 heteroatoms. The third kappa shape index (κ3) is 5.50. The number of piperazine rings is 1. The molecule has 2 atom stereocenters. The lowest BCUT2D eigenvalue weighted by molar-refractivity contribution is 0.0240. The van der Waals surface area contributed by atoms with Crippen LogP contribution in [0.4, 0.5) is 25.0 Å². The van der Waals surface area contributed by atoms with Crippen molar-refractivity contribution < 1.29 is 27.6 Å². The second-order valence-corrected chi connectivity index (χ2v) is 11.6. The molecule has 42 heavy (non-hydrogen) atoms. The van der Waals surface area contributed by atoms with Gasteiger partial charge >= 0.3 is 6.09 Å². The van der Waals surface area contributed by atoms with Gasteiger partial charge in [0.25, 0.3) is 5.91 Å². The summed E-state index contributed by atoms with van der Waals surface area (Å²) in [6, 6.07) is 6.54. The van der Waals surface area contributed by atoms with Gasteiger partial charge in [-0.1, -0.05) is 5.16 Å². The number of hydrogen-bond donors (Lipinski definition) is 1. The molecular weight excluding hydrogens is 548 g/mol. The Hall–Kier alpha value is -4.55. The number of fused-ring (bicyclic) bond motifs is 1. The number of hydrogen-bond acceptors (Lipinski definition) is 8. The summed E-state index contributed by atoms with van der Waals surface area (Å²) in [6.07, 6.45) is 2.27. The van der Waals surface area contributed by atoms with Gasteiger partial charge in [0.1, 0.15) is 28.9 Å². The molecule has 220 valence electrons. The lowest BCUT2D eigenvalue weighted by Crippen LogP contribution is -2.50. The van der Waals surface area contributed by atoms with Gasteiger partial charge in [-0.25, -0.2) is 18.6 Å². The Balaban J connectivity index is 1.19. The first-order chi connectivity index (χ1) is 20.0. The summed E-state index contributed by atoms with van der Waals surface area (Å²) < 4.78 is 40.6. The summed E-state index contributed by atoms with van der Waals surface area (Å²) in [5, 5.41) is 6.65. The Morgan fingerprint density at radius 2 is 1.88 bits per heavy atom. The molecule has 4 heterocycles. The number of pyridine rings is 1. The Morgan fingerprint density at radius 1 is 1.14 bits per heavy atom. The Labute approximate surface area is 240 Å². The van der Waals surface area contributed by atoms with E-state index in [0.29, 0.717) is 43.8 Å². The topological polar surface area (TPSA) is 118 Å². The van der Waals surface area contributed by atoms with Gasteiger partial charge in [-0.3, -0.25) is 9.20 Å². The van der Waals surface area contributed by atoms with Crippen molar-refractivity contribution in [1.82, 2.24) is 24.4 Å². The zero-order chi connectivity index (χ0) is 29.8. The molecule has 1 N–H and O–H groups in total. The van der Waals surface area contributed by atoms with Crippen LogP contribution in [0.25, 0.3) is 17.0 Å². The third-order valence-corrected chi connectivity index (χ3v) is 7.34. The fraction of sp³-hybridized carbons (Fsp3) is 0.414. The number of benzene rings is 1. The average molecular weight is 580 g/mol. The lowest BCUT2D eigenvalue weighted by atomic mass is 10.1. The van der Waals surface area contributed by atoms with Crippen LogP contribution < -0.4 is 10.2 Å². The van der Waals surface area contributed by atoms with Gasteiger partial charge in [0, 0.05) is 49.2 Å². The summed E-state index contributed by atoms with van der Waals surface area (Å²) in [5.74, 6) is -1.17. The highest BCUT2D eigenvalue weighted by atomic mass is 19.1. The first-order valence-electron chi connectivity index (χ1n) is 13.8. The van der Waals surface area contributed by atoms with E-state index in [9.17, 15) is 18.4 Å². The first kappa shape index (κ1) is 27.6. The van der Waals surface area contributed by atoms with Crippen LogP contribution in [0.1, 0.15) is 55.1 Å². The molecule has 4 aromatic rings. The molecule has 2 amide bonds. The molecule has 6 rings (SSSR count). The summed E-state index contributed by atoms with van der Waals surface area (Å²) in [6.45, 7) is 9.26. The summed E-state index contributed by atoms with van der Waals surface area (Å²) in [7, 11) is 0. The molecule has 0 bridgehead atoms. The van der Waals surface area contributed by atoms with Crippen LogP contribution in [-0.2, 0) is 4.74 Å². The molecule has 0 spiro atoms. The highest BCUT2D eigenvalue weighted by Gasteiger charge is 2.43. The smallest absolute Gasteiger partial charge is 0.410 e. The Morgan fingerprint density at radius 3 is 2.57 bits per heavy atom. The average Bonchev–Trinajstić information content (AvgIpc) is 3.32. The van der Waals surface area contributed by atoms with E-state index in [1.165, 1.54) is 12.3 Å². The first-order valence-corrected chi connectivity index (χ1v) is 13.8. The molecule has 3 aromatic heterocycles. The number of nitrogens with zero attached hydrogens (tertiary/aromatic N) is 6. The molecule has 0 unspecified atom stereocenters. The highest BCUT2D eigenvalue weighted by Crippen LogP contribution is 2.43. The predicted molar refractivity (Wildman–Crippen MR) is 150 cm³/mol. The molecule has 0 radical (unpaired) electrons. The maximum atomic E-state index is 14.9. The number of nitrogens with one attached hydrogen (secondary N) is 1. The van der Waals surface area contributed by atoms with E-state index < -0.39 is 29.4 Å². The van der Waals surface area contributed by atoms with Crippen LogP contribution in [0, 0.1) is 12.7 Å². The molecular formula is C29H31F2N7O4. The molecule has 1 aliphatic heterocycles. The SMILES string of the molecule is Cc1c(F)cc(-c2noc([C@@H]3C[C@H]3F)n2)cc1NC(=O)c1cnc2ccc(N3CCN(C(=O)OC(C)(C)C)CC3)cn12. The van der Waals surface area contributed by atoms with Crippen molar-refractivity contribution in [2.45, 2.75) is 51.8 Å². The van der Waals surface area contributed by atoms with Crippen LogP contribution in [-0.4, -0.2) is 74.4 Å². The van der Waals surface area contributed by atoms with Crippen LogP contribution in [0.3, 0.4) is 0 Å². The monoisotopic (exact) mass is 579 g/mol. The van der Waals surface area contributed by atoms with Gasteiger partial charge in [-0.2, -0.15) is 4.98 Å². The van der Waals surface area contributed by atoms with Crippen molar-refractivity contribution in [3.63, 3.8) is 0 Å². The molecule has 1 aromatic carbocycles. The largest absolute Gasteiger partial charge is 0.444 e. The van der Waals surface area contributed by atoms with Gasteiger partial charge in [0.05, 0.1) is 17.8 Å². The van der Waals surface area contributed by atoms with Gasteiger partial charge < -0.3 is 24.4 Å². The van der Waals surface area contributed by atoms with Crippen LogP contribution >= 0.6 is 0 Å². The van der Waals surface area contributed by atoms with E-state index >= 15 is 0 Å². The van der Waals surface area contributed by atoms with E-state index in [2.05, 4.69) is 25.3 Å². The minimum absolute atomic E-state index is 0.115. The number of imidazole rings is 1. The van der Waals surface area contributed by atoms with Gasteiger partial charge in [0.2, 0.25) is 11.7 Å². The summed E-state index contributed by atoms with van der Waals surface area (Å²) in [5.41, 5.74) is 1.90. The van der Waals surface area contributed by atoms with Crippen molar-refractivity contribution in [3.8, 4) is 11.4 Å². The summed E-state index contributed by atoms with van der Waals surface area (Å²) in [4.78, 5) is 38.2. The minimum atomic E-state index is -1.00. The molecule has 1 saturated heterocycles. The van der Waals surface area contributed by atoms with E-state index in [1.54, 1.807) is 22.3 Å². The predicted octanol–water partition coefficient (Wildman–Crippen LogP) is 4.97. The fourth-order valence-electron chi connectivity index (χ4n) is 4.84. The second-order valence-electron chi connectivity index (χ2n) is 11.6. The van der Waals surface area contributed by atoms with E-state index in [1.807, 2.05) is 39.1 Å². The van der Waals surface area contributed by atoms with Crippen molar-refractivity contribution >= 4 is 29.0 Å². The van der Waals surface area contributed by atoms with Crippen molar-refractivity contribution in [3.05, 3.63) is 59.6 Å². The highest BCUT2D eigenvalue weighted by molar-refractivity contribution is 6.04. The Bertz CT molecular complexity index is 1670. The Kier molecular flexibility index (Phi) is 6.82. The number of anilines is 2. The molecule has 2 fully saturated rings. The number of amides is 2. The molecule has 2 aliphatic rings. The number of carbonyl (C=O) groups is 2. The number of halogens is 2. The fourth-order valence-corrected chi connectivity index (χ4v) is 4.84. The van der Waals surface area contributed by atoms with Gasteiger partial charge in [-0.15, -0.1) is 0 Å². The number of carbonyl (C=O) groups excluding carboxylic acids is 2. The van der Waals surface area contributed by atoms with E-state index in [0.717, 1.165) is 5.69 Å². The summed E-state index contributed by atoms with van der Waals surface area (Å²) >= 11 is 0. The number of alkyl halides is 1. The number of aromatic nitrogens is 4. The quantitative estimate of drug-likeness (QED) is 0.352. The van der Waals surface area contributed by atoms with Gasteiger partial charge in [0.15, 0.2) is 0 Å². The van der Waals surface area contributed by atoms with Crippen LogP contribution in [0.5, 0.6) is 0 Å². The van der Waals surface area contributed by atoms with E-state index in [4.69, 9.17) is 9.26 Å². The third-order valence-electron chi connectivity index (χ3n) is 7.34. The van der Waals surface area contributed by atoms with Gasteiger partial charge in [-0.05, 0) is 58.4 Å². The maximum Gasteiger partial charge on any atom is 0.410 e. The number of rotatable bonds is 5. The van der Waals surface area contributed by atoms with Crippen LogP contribution in [0.15, 0.2) is 41.2 Å². The molecule has 1 saturated carbocycles. The second kappa shape index (κ2) is 10.4. The standard InChI is InChI=1S/C29H31F2N7O4/c1-16-20(30)11-17(25-34-27(42-35-25)19-13-21(19)31)12-22(16)33-26(39)23-14-32-24-6-5-18(15-38(23)24)36-7-9-37(10-8-36)28(40)41-29(2,3)4/h5-6,11-12,14-15,19,21H,7-10,13H2,1-4H3,(H,33,39)/t19-,21-/m1/s1. The van der Waals surface area contributed by atoms with E-state index in [-0.39, 0.29) is 34.8 Å². The minimum Gasteiger partial charge on any atom is -0.444 e. The molecule has 1 aliphatic carbocycles. The van der Waals surface area contributed by atoms with Crippen LogP contribution in [0.2, 0.25) is 0 Å².